The number of carbonyl (C=O) groups excluding carboxylic acids is 1. The topological polar surface area (TPSA) is 80.9 Å². The van der Waals surface area contributed by atoms with E-state index in [9.17, 15) is 4.79 Å². The summed E-state index contributed by atoms with van der Waals surface area (Å²) in [4.78, 5) is 20.4. The molecule has 128 valence electrons. The summed E-state index contributed by atoms with van der Waals surface area (Å²) in [5, 5.41) is 7.52. The lowest BCUT2D eigenvalue weighted by molar-refractivity contribution is -0.121. The van der Waals surface area contributed by atoms with Crippen LogP contribution in [-0.4, -0.2) is 21.0 Å². The van der Waals surface area contributed by atoms with E-state index in [1.807, 2.05) is 31.2 Å². The number of carbonyl (C=O) groups is 1. The van der Waals surface area contributed by atoms with E-state index in [0.717, 1.165) is 11.1 Å². The molecule has 2 aromatic heterocycles. The summed E-state index contributed by atoms with van der Waals surface area (Å²) >= 11 is 5.86. The zero-order valence-electron chi connectivity index (χ0n) is 13.6. The third kappa shape index (κ3) is 4.64. The highest BCUT2D eigenvalue weighted by Crippen LogP contribution is 2.19. The molecule has 0 saturated heterocycles. The summed E-state index contributed by atoms with van der Waals surface area (Å²) in [6.45, 7) is 1.93. The van der Waals surface area contributed by atoms with Gasteiger partial charge in [-0.1, -0.05) is 16.8 Å². The number of rotatable bonds is 6. The molecule has 0 saturated carbocycles. The van der Waals surface area contributed by atoms with Crippen LogP contribution in [0.25, 0.3) is 11.4 Å². The third-order valence-electron chi connectivity index (χ3n) is 3.72. The molecule has 2 heterocycles. The average Bonchev–Trinajstić information content (AvgIpc) is 3.10. The summed E-state index contributed by atoms with van der Waals surface area (Å²) in [5.41, 5.74) is 1.82. The fraction of sp³-hybridized carbons (Fsp3) is 0.222. The van der Waals surface area contributed by atoms with Crippen molar-refractivity contribution < 1.29 is 9.32 Å². The summed E-state index contributed by atoms with van der Waals surface area (Å²) in [6.07, 6.45) is 4.07. The second-order valence-corrected chi connectivity index (χ2v) is 6.02. The fourth-order valence-corrected chi connectivity index (χ4v) is 2.47. The molecule has 0 aliphatic rings. The largest absolute Gasteiger partial charge is 0.350 e. The Morgan fingerprint density at radius 2 is 1.92 bits per heavy atom. The summed E-state index contributed by atoms with van der Waals surface area (Å²) in [7, 11) is 0. The third-order valence-corrected chi connectivity index (χ3v) is 3.97. The van der Waals surface area contributed by atoms with Crippen molar-refractivity contribution in [3.63, 3.8) is 0 Å². The maximum absolute atomic E-state index is 12.1. The van der Waals surface area contributed by atoms with Gasteiger partial charge in [-0.25, -0.2) is 0 Å². The Kier molecular flexibility index (Phi) is 5.40. The standard InChI is InChI=1S/C18H17ClN4O2/c1-12(13-8-10-20-11-9-13)21-16(24)6-7-17-22-18(23-25-17)14-2-4-15(19)5-3-14/h2-5,8-12H,6-7H2,1H3,(H,21,24)/t12-/m0/s1. The van der Waals surface area contributed by atoms with Crippen LogP contribution in [0.3, 0.4) is 0 Å². The number of nitrogens with one attached hydrogen (secondary N) is 1. The van der Waals surface area contributed by atoms with Crippen LogP contribution in [-0.2, 0) is 11.2 Å². The van der Waals surface area contributed by atoms with E-state index in [1.54, 1.807) is 24.5 Å². The van der Waals surface area contributed by atoms with E-state index in [-0.39, 0.29) is 18.4 Å². The molecule has 0 unspecified atom stereocenters. The van der Waals surface area contributed by atoms with Crippen molar-refractivity contribution in [2.24, 2.45) is 0 Å². The van der Waals surface area contributed by atoms with E-state index in [2.05, 4.69) is 20.4 Å². The maximum atomic E-state index is 12.1. The SMILES string of the molecule is C[C@H](NC(=O)CCc1nc(-c2ccc(Cl)cc2)no1)c1ccncc1. The monoisotopic (exact) mass is 356 g/mol. The number of hydrogen-bond acceptors (Lipinski definition) is 5. The molecule has 6 nitrogen and oxygen atoms in total. The number of halogens is 1. The van der Waals surface area contributed by atoms with Crippen molar-refractivity contribution in [2.45, 2.75) is 25.8 Å². The molecule has 0 spiro atoms. The Morgan fingerprint density at radius 3 is 2.64 bits per heavy atom. The fourth-order valence-electron chi connectivity index (χ4n) is 2.34. The van der Waals surface area contributed by atoms with Crippen LogP contribution >= 0.6 is 11.6 Å². The Hall–Kier alpha value is -2.73. The van der Waals surface area contributed by atoms with Gasteiger partial charge in [0.05, 0.1) is 6.04 Å². The van der Waals surface area contributed by atoms with Crippen LogP contribution < -0.4 is 5.32 Å². The van der Waals surface area contributed by atoms with Gasteiger partial charge >= 0.3 is 0 Å². The molecule has 25 heavy (non-hydrogen) atoms. The lowest BCUT2D eigenvalue weighted by Gasteiger charge is -2.13. The molecule has 1 amide bonds. The molecule has 0 radical (unpaired) electrons. The summed E-state index contributed by atoms with van der Waals surface area (Å²) < 4.78 is 5.21. The van der Waals surface area contributed by atoms with Crippen LogP contribution in [0.4, 0.5) is 0 Å². The van der Waals surface area contributed by atoms with Gasteiger partial charge in [0, 0.05) is 35.8 Å². The van der Waals surface area contributed by atoms with Crippen LogP contribution in [0.1, 0.15) is 30.8 Å². The van der Waals surface area contributed by atoms with E-state index in [0.29, 0.717) is 23.2 Å². The molecule has 1 aromatic carbocycles. The molecular formula is C18H17ClN4O2. The van der Waals surface area contributed by atoms with Crippen LogP contribution in [0, 0.1) is 0 Å². The lowest BCUT2D eigenvalue weighted by Crippen LogP contribution is -2.26. The van der Waals surface area contributed by atoms with Crippen molar-refractivity contribution in [3.05, 3.63) is 65.3 Å². The van der Waals surface area contributed by atoms with Crippen LogP contribution in [0.2, 0.25) is 5.02 Å². The zero-order valence-corrected chi connectivity index (χ0v) is 14.4. The predicted molar refractivity (Wildman–Crippen MR) is 93.9 cm³/mol. The molecule has 0 fully saturated rings. The number of benzene rings is 1. The van der Waals surface area contributed by atoms with Crippen molar-refractivity contribution in [1.29, 1.82) is 0 Å². The highest BCUT2D eigenvalue weighted by Gasteiger charge is 2.13. The first-order chi connectivity index (χ1) is 12.1. The summed E-state index contributed by atoms with van der Waals surface area (Å²) in [6, 6.07) is 10.8. The van der Waals surface area contributed by atoms with Gasteiger partial charge in [0.25, 0.3) is 0 Å². The highest BCUT2D eigenvalue weighted by molar-refractivity contribution is 6.30. The van der Waals surface area contributed by atoms with Gasteiger partial charge in [0.2, 0.25) is 17.6 Å². The van der Waals surface area contributed by atoms with E-state index in [1.165, 1.54) is 0 Å². The van der Waals surface area contributed by atoms with Gasteiger partial charge in [-0.3, -0.25) is 9.78 Å². The van der Waals surface area contributed by atoms with E-state index >= 15 is 0 Å². The van der Waals surface area contributed by atoms with E-state index in [4.69, 9.17) is 16.1 Å². The first kappa shape index (κ1) is 17.1. The molecule has 0 aliphatic carbocycles. The molecule has 1 atom stereocenters. The van der Waals surface area contributed by atoms with Crippen molar-refractivity contribution in [3.8, 4) is 11.4 Å². The molecule has 3 rings (SSSR count). The Morgan fingerprint density at radius 1 is 1.20 bits per heavy atom. The normalized spacial score (nSPS) is 11.9. The molecule has 0 aliphatic heterocycles. The molecular weight excluding hydrogens is 340 g/mol. The number of pyridine rings is 1. The summed E-state index contributed by atoms with van der Waals surface area (Å²) in [5.74, 6) is 0.837. The first-order valence-corrected chi connectivity index (χ1v) is 8.27. The van der Waals surface area contributed by atoms with Gasteiger partial charge in [-0.2, -0.15) is 4.98 Å². The van der Waals surface area contributed by atoms with Gasteiger partial charge in [-0.05, 0) is 48.9 Å². The van der Waals surface area contributed by atoms with Crippen molar-refractivity contribution in [1.82, 2.24) is 20.4 Å². The lowest BCUT2D eigenvalue weighted by atomic mass is 10.1. The molecule has 7 heteroatoms. The number of nitrogens with zero attached hydrogens (tertiary/aromatic N) is 3. The quantitative estimate of drug-likeness (QED) is 0.729. The zero-order chi connectivity index (χ0) is 17.6. The molecule has 0 bridgehead atoms. The van der Waals surface area contributed by atoms with Gasteiger partial charge in [0.1, 0.15) is 0 Å². The smallest absolute Gasteiger partial charge is 0.227 e. The number of aryl methyl sites for hydroxylation is 1. The molecule has 1 N–H and O–H groups in total. The minimum atomic E-state index is -0.0807. The number of aromatic nitrogens is 3. The van der Waals surface area contributed by atoms with Crippen LogP contribution in [0.5, 0.6) is 0 Å². The average molecular weight is 357 g/mol. The Labute approximate surface area is 150 Å². The van der Waals surface area contributed by atoms with E-state index < -0.39 is 0 Å². The van der Waals surface area contributed by atoms with Gasteiger partial charge in [-0.15, -0.1) is 0 Å². The van der Waals surface area contributed by atoms with Gasteiger partial charge < -0.3 is 9.84 Å². The van der Waals surface area contributed by atoms with Crippen molar-refractivity contribution >= 4 is 17.5 Å². The first-order valence-electron chi connectivity index (χ1n) is 7.89. The Balaban J connectivity index is 1.53. The highest BCUT2D eigenvalue weighted by atomic mass is 35.5. The van der Waals surface area contributed by atoms with Crippen LogP contribution in [0.15, 0.2) is 53.3 Å². The minimum absolute atomic E-state index is 0.0736. The predicted octanol–water partition coefficient (Wildman–Crippen LogP) is 3.60. The second kappa shape index (κ2) is 7.90. The van der Waals surface area contributed by atoms with Gasteiger partial charge in [0.15, 0.2) is 0 Å². The maximum Gasteiger partial charge on any atom is 0.227 e. The van der Waals surface area contributed by atoms with Crippen molar-refractivity contribution in [2.75, 3.05) is 0 Å². The Bertz CT molecular complexity index is 834. The molecule has 3 aromatic rings. The second-order valence-electron chi connectivity index (χ2n) is 5.59. The number of hydrogen-bond donors (Lipinski definition) is 1. The number of amides is 1. The minimum Gasteiger partial charge on any atom is -0.350 e.